The van der Waals surface area contributed by atoms with Crippen molar-refractivity contribution in [2.45, 2.75) is 70.9 Å². The highest BCUT2D eigenvalue weighted by Crippen LogP contribution is 2.29. The van der Waals surface area contributed by atoms with Crippen LogP contribution in [-0.2, 0) is 0 Å². The molecular weight excluding hydrogens is 210 g/mol. The Morgan fingerprint density at radius 1 is 1.06 bits per heavy atom. The predicted molar refractivity (Wildman–Crippen MR) is 72.0 cm³/mol. The Morgan fingerprint density at radius 2 is 1.76 bits per heavy atom. The lowest BCUT2D eigenvalue weighted by molar-refractivity contribution is 0.0379. The molecule has 17 heavy (non-hydrogen) atoms. The summed E-state index contributed by atoms with van der Waals surface area (Å²) in [5.41, 5.74) is 0. The van der Waals surface area contributed by atoms with Gasteiger partial charge in [0.25, 0.3) is 0 Å². The molecule has 1 saturated heterocycles. The van der Waals surface area contributed by atoms with E-state index in [1.165, 1.54) is 51.5 Å². The number of aliphatic hydroxyl groups excluding tert-OH is 1. The first kappa shape index (κ1) is 13.4. The molecule has 2 nitrogen and oxygen atoms in total. The number of rotatable bonds is 4. The number of hydrogen-bond acceptors (Lipinski definition) is 2. The van der Waals surface area contributed by atoms with Crippen molar-refractivity contribution in [1.82, 2.24) is 4.90 Å². The minimum atomic E-state index is -0.0744. The van der Waals surface area contributed by atoms with E-state index in [4.69, 9.17) is 0 Å². The van der Waals surface area contributed by atoms with Crippen LogP contribution in [-0.4, -0.2) is 35.2 Å². The fourth-order valence-corrected chi connectivity index (χ4v) is 3.74. The van der Waals surface area contributed by atoms with Crippen LogP contribution in [0.4, 0.5) is 0 Å². The quantitative estimate of drug-likeness (QED) is 0.815. The van der Waals surface area contributed by atoms with Gasteiger partial charge in [0.05, 0.1) is 6.10 Å². The van der Waals surface area contributed by atoms with Gasteiger partial charge in [0.15, 0.2) is 0 Å². The van der Waals surface area contributed by atoms with E-state index in [-0.39, 0.29) is 6.10 Å². The summed E-state index contributed by atoms with van der Waals surface area (Å²) in [5.74, 6) is 1.31. The van der Waals surface area contributed by atoms with Gasteiger partial charge in [-0.3, -0.25) is 4.90 Å². The number of hydrogen-bond donors (Lipinski definition) is 1. The molecule has 0 amide bonds. The second kappa shape index (κ2) is 6.19. The van der Waals surface area contributed by atoms with Crippen molar-refractivity contribution in [3.05, 3.63) is 0 Å². The Kier molecular flexibility index (Phi) is 4.87. The third kappa shape index (κ3) is 3.45. The zero-order valence-electron chi connectivity index (χ0n) is 11.6. The molecule has 1 N–H and O–H groups in total. The van der Waals surface area contributed by atoms with E-state index in [0.29, 0.717) is 12.0 Å². The number of β-amino-alcohol motifs (C(OH)–C–C–N with tert-alkyl or cyclic N) is 1. The highest BCUT2D eigenvalue weighted by Gasteiger charge is 2.31. The first-order valence-electron chi connectivity index (χ1n) is 7.60. The monoisotopic (exact) mass is 239 g/mol. The van der Waals surface area contributed by atoms with Crippen molar-refractivity contribution < 1.29 is 5.11 Å². The Hall–Kier alpha value is -0.0800. The molecule has 2 fully saturated rings. The van der Waals surface area contributed by atoms with Gasteiger partial charge in [0.1, 0.15) is 0 Å². The third-order valence-electron chi connectivity index (χ3n) is 4.80. The normalized spacial score (nSPS) is 30.0. The fourth-order valence-electron chi connectivity index (χ4n) is 3.74. The summed E-state index contributed by atoms with van der Waals surface area (Å²) in [6, 6.07) is 0.716. The second-order valence-corrected chi connectivity index (χ2v) is 6.41. The lowest BCUT2D eigenvalue weighted by Gasteiger charge is -2.33. The topological polar surface area (TPSA) is 23.5 Å². The van der Waals surface area contributed by atoms with Crippen LogP contribution in [0.1, 0.15) is 58.8 Å². The molecule has 1 heterocycles. The van der Waals surface area contributed by atoms with E-state index >= 15 is 0 Å². The van der Waals surface area contributed by atoms with E-state index in [9.17, 15) is 5.11 Å². The molecule has 1 aliphatic carbocycles. The number of nitrogens with zero attached hydrogens (tertiary/aromatic N) is 1. The minimum Gasteiger partial charge on any atom is -0.392 e. The Bertz CT molecular complexity index is 223. The first-order valence-corrected chi connectivity index (χ1v) is 7.60. The average molecular weight is 239 g/mol. The SMILES string of the molecule is CC(C)C1CCCN1CC(O)C1CCCCC1. The van der Waals surface area contributed by atoms with Gasteiger partial charge in [-0.25, -0.2) is 0 Å². The summed E-state index contributed by atoms with van der Waals surface area (Å²) >= 11 is 0. The molecule has 0 aromatic rings. The molecule has 0 spiro atoms. The molecule has 0 radical (unpaired) electrons. The van der Waals surface area contributed by atoms with Gasteiger partial charge in [0, 0.05) is 12.6 Å². The number of likely N-dealkylation sites (tertiary alicyclic amines) is 1. The van der Waals surface area contributed by atoms with Gasteiger partial charge >= 0.3 is 0 Å². The van der Waals surface area contributed by atoms with Crippen LogP contribution in [0.15, 0.2) is 0 Å². The lowest BCUT2D eigenvalue weighted by atomic mass is 9.85. The van der Waals surface area contributed by atoms with E-state index in [2.05, 4.69) is 18.7 Å². The van der Waals surface area contributed by atoms with E-state index in [1.807, 2.05) is 0 Å². The minimum absolute atomic E-state index is 0.0744. The van der Waals surface area contributed by atoms with E-state index in [0.717, 1.165) is 12.5 Å². The third-order valence-corrected chi connectivity index (χ3v) is 4.80. The standard InChI is InChI=1S/C15H29NO/c1-12(2)14-9-6-10-16(14)11-15(17)13-7-4-3-5-8-13/h12-15,17H,3-11H2,1-2H3. The average Bonchev–Trinajstić information content (AvgIpc) is 2.78. The van der Waals surface area contributed by atoms with Crippen LogP contribution >= 0.6 is 0 Å². The fraction of sp³-hybridized carbons (Fsp3) is 1.00. The van der Waals surface area contributed by atoms with Crippen LogP contribution in [0.25, 0.3) is 0 Å². The molecule has 2 rings (SSSR count). The highest BCUT2D eigenvalue weighted by molar-refractivity contribution is 4.85. The van der Waals surface area contributed by atoms with E-state index in [1.54, 1.807) is 0 Å². The summed E-state index contributed by atoms with van der Waals surface area (Å²) in [7, 11) is 0. The van der Waals surface area contributed by atoms with Crippen LogP contribution < -0.4 is 0 Å². The van der Waals surface area contributed by atoms with Crippen molar-refractivity contribution in [2.75, 3.05) is 13.1 Å². The largest absolute Gasteiger partial charge is 0.392 e. The van der Waals surface area contributed by atoms with Crippen molar-refractivity contribution in [2.24, 2.45) is 11.8 Å². The van der Waals surface area contributed by atoms with Crippen molar-refractivity contribution in [3.8, 4) is 0 Å². The summed E-state index contributed by atoms with van der Waals surface area (Å²) in [6.45, 7) is 6.76. The van der Waals surface area contributed by atoms with Crippen molar-refractivity contribution >= 4 is 0 Å². The molecule has 2 heteroatoms. The van der Waals surface area contributed by atoms with Crippen LogP contribution in [0.3, 0.4) is 0 Å². The lowest BCUT2D eigenvalue weighted by Crippen LogP contribution is -2.41. The Labute approximate surface area is 106 Å². The Balaban J connectivity index is 1.82. The van der Waals surface area contributed by atoms with Gasteiger partial charge in [-0.2, -0.15) is 0 Å². The molecule has 100 valence electrons. The molecule has 2 unspecified atom stereocenters. The number of aliphatic hydroxyl groups is 1. The van der Waals surface area contributed by atoms with Gasteiger partial charge in [-0.05, 0) is 44.1 Å². The van der Waals surface area contributed by atoms with Gasteiger partial charge in [-0.1, -0.05) is 33.1 Å². The molecule has 0 aromatic carbocycles. The summed E-state index contributed by atoms with van der Waals surface area (Å²) < 4.78 is 0. The zero-order chi connectivity index (χ0) is 12.3. The smallest absolute Gasteiger partial charge is 0.0695 e. The first-order chi connectivity index (χ1) is 8.18. The summed E-state index contributed by atoms with van der Waals surface area (Å²) in [4.78, 5) is 2.55. The highest BCUT2D eigenvalue weighted by atomic mass is 16.3. The molecule has 1 saturated carbocycles. The van der Waals surface area contributed by atoms with Crippen LogP contribution in [0.5, 0.6) is 0 Å². The maximum atomic E-state index is 10.4. The molecule has 1 aliphatic heterocycles. The summed E-state index contributed by atoms with van der Waals surface area (Å²) in [6.07, 6.45) is 9.11. The molecular formula is C15H29NO. The molecule has 2 aliphatic rings. The second-order valence-electron chi connectivity index (χ2n) is 6.41. The molecule has 0 bridgehead atoms. The van der Waals surface area contributed by atoms with E-state index < -0.39 is 0 Å². The van der Waals surface area contributed by atoms with Gasteiger partial charge in [-0.15, -0.1) is 0 Å². The van der Waals surface area contributed by atoms with Crippen molar-refractivity contribution in [1.29, 1.82) is 0 Å². The molecule has 2 atom stereocenters. The van der Waals surface area contributed by atoms with Crippen molar-refractivity contribution in [3.63, 3.8) is 0 Å². The predicted octanol–water partition coefficient (Wildman–Crippen LogP) is 3.05. The summed E-state index contributed by atoms with van der Waals surface area (Å²) in [5, 5.41) is 10.4. The molecule has 0 aromatic heterocycles. The van der Waals surface area contributed by atoms with Crippen LogP contribution in [0.2, 0.25) is 0 Å². The maximum Gasteiger partial charge on any atom is 0.0695 e. The van der Waals surface area contributed by atoms with Crippen LogP contribution in [0, 0.1) is 11.8 Å². The zero-order valence-corrected chi connectivity index (χ0v) is 11.6. The Morgan fingerprint density at radius 3 is 2.41 bits per heavy atom. The maximum absolute atomic E-state index is 10.4. The van der Waals surface area contributed by atoms with Gasteiger partial charge < -0.3 is 5.11 Å². The van der Waals surface area contributed by atoms with Gasteiger partial charge in [0.2, 0.25) is 0 Å².